The second-order valence-corrected chi connectivity index (χ2v) is 4.97. The van der Waals surface area contributed by atoms with Crippen molar-refractivity contribution in [2.45, 2.75) is 0 Å². The Balaban J connectivity index is 2.03. The van der Waals surface area contributed by atoms with Crippen molar-refractivity contribution in [1.82, 2.24) is 0 Å². The second-order valence-electron chi connectivity index (χ2n) is 4.97. The van der Waals surface area contributed by atoms with Gasteiger partial charge in [-0.3, -0.25) is 4.79 Å². The number of hydrogen-bond donors (Lipinski definition) is 2. The zero-order valence-electron chi connectivity index (χ0n) is 11.7. The maximum atomic E-state index is 11.7. The summed E-state index contributed by atoms with van der Waals surface area (Å²) in [6.45, 7) is 0. The van der Waals surface area contributed by atoms with E-state index in [0.717, 1.165) is 16.7 Å². The Morgan fingerprint density at radius 2 is 1.09 bits per heavy atom. The van der Waals surface area contributed by atoms with E-state index in [1.807, 2.05) is 54.6 Å². The Labute approximate surface area is 127 Å². The van der Waals surface area contributed by atoms with Gasteiger partial charge in [0, 0.05) is 0 Å². The Bertz CT molecular complexity index is 854. The Kier molecular flexibility index (Phi) is 3.62. The summed E-state index contributed by atoms with van der Waals surface area (Å²) in [5.74, 6) is -1.05. The highest BCUT2D eigenvalue weighted by Gasteiger charge is 2.05. The molecule has 0 amide bonds. The van der Waals surface area contributed by atoms with Crippen molar-refractivity contribution in [3.8, 4) is 33.8 Å². The molecule has 0 saturated heterocycles. The molecule has 0 aliphatic rings. The summed E-state index contributed by atoms with van der Waals surface area (Å²) in [4.78, 5) is 11.7. The molecule has 2 N–H and O–H groups in total. The van der Waals surface area contributed by atoms with Gasteiger partial charge in [-0.2, -0.15) is 0 Å². The summed E-state index contributed by atoms with van der Waals surface area (Å²) in [7, 11) is 0. The first-order chi connectivity index (χ1) is 10.6. The molecule has 0 atom stereocenters. The zero-order chi connectivity index (χ0) is 15.5. The van der Waals surface area contributed by atoms with Crippen LogP contribution < -0.4 is 5.43 Å². The van der Waals surface area contributed by atoms with Crippen molar-refractivity contribution < 1.29 is 10.2 Å². The van der Waals surface area contributed by atoms with Gasteiger partial charge in [-0.25, -0.2) is 0 Å². The van der Waals surface area contributed by atoms with Crippen LogP contribution in [-0.2, 0) is 0 Å². The van der Waals surface area contributed by atoms with Gasteiger partial charge < -0.3 is 10.2 Å². The van der Waals surface area contributed by atoms with E-state index in [4.69, 9.17) is 0 Å². The highest BCUT2D eigenvalue weighted by atomic mass is 16.3. The molecule has 0 spiro atoms. The highest BCUT2D eigenvalue weighted by Crippen LogP contribution is 2.26. The van der Waals surface area contributed by atoms with E-state index in [1.54, 1.807) is 6.07 Å². The fourth-order valence-electron chi connectivity index (χ4n) is 2.30. The monoisotopic (exact) mass is 290 g/mol. The predicted octanol–water partition coefficient (Wildman–Crippen LogP) is 3.79. The first-order valence-electron chi connectivity index (χ1n) is 6.87. The summed E-state index contributed by atoms with van der Waals surface area (Å²) in [5, 5.41) is 18.9. The molecule has 0 aliphatic carbocycles. The molecule has 0 bridgehead atoms. The van der Waals surface area contributed by atoms with Crippen molar-refractivity contribution in [1.29, 1.82) is 0 Å². The lowest BCUT2D eigenvalue weighted by atomic mass is 10.0. The van der Waals surface area contributed by atoms with Gasteiger partial charge in [-0.05, 0) is 34.4 Å². The maximum Gasteiger partial charge on any atom is 0.224 e. The van der Waals surface area contributed by atoms with Gasteiger partial charge in [0.15, 0.2) is 5.75 Å². The molecule has 0 unspecified atom stereocenters. The molecule has 0 aliphatic heterocycles. The molecule has 3 aromatic carbocycles. The second kappa shape index (κ2) is 5.74. The third kappa shape index (κ3) is 2.69. The van der Waals surface area contributed by atoms with Gasteiger partial charge in [0.05, 0.1) is 0 Å². The minimum atomic E-state index is -0.632. The lowest BCUT2D eigenvalue weighted by Crippen LogP contribution is -1.94. The molecule has 3 heteroatoms. The molecule has 108 valence electrons. The van der Waals surface area contributed by atoms with Crippen molar-refractivity contribution in [2.24, 2.45) is 0 Å². The smallest absolute Gasteiger partial charge is 0.224 e. The van der Waals surface area contributed by atoms with Gasteiger partial charge in [0.1, 0.15) is 0 Å². The standard InChI is InChI=1S/C19H14O3/c20-17-11-10-16(12-18(21)19(17)22)15-8-6-14(7-9-15)13-4-2-1-3-5-13/h1-12H,(H2,20,21,22). The third-order valence-corrected chi connectivity index (χ3v) is 3.51. The summed E-state index contributed by atoms with van der Waals surface area (Å²) < 4.78 is 0. The fraction of sp³-hybridized carbons (Fsp3) is 0. The van der Waals surface area contributed by atoms with Gasteiger partial charge >= 0.3 is 0 Å². The van der Waals surface area contributed by atoms with Gasteiger partial charge in [-0.1, -0.05) is 60.7 Å². The number of hydrogen-bond acceptors (Lipinski definition) is 3. The van der Waals surface area contributed by atoms with Crippen LogP contribution >= 0.6 is 0 Å². The van der Waals surface area contributed by atoms with E-state index < -0.39 is 16.9 Å². The van der Waals surface area contributed by atoms with E-state index in [1.165, 1.54) is 12.1 Å². The van der Waals surface area contributed by atoms with Crippen molar-refractivity contribution in [3.05, 3.63) is 83.0 Å². The molecule has 22 heavy (non-hydrogen) atoms. The minimum absolute atomic E-state index is 0.419. The normalized spacial score (nSPS) is 10.4. The summed E-state index contributed by atoms with van der Waals surface area (Å²) in [6, 6.07) is 22.0. The molecule has 0 fully saturated rings. The van der Waals surface area contributed by atoms with Crippen molar-refractivity contribution in [2.75, 3.05) is 0 Å². The molecule has 3 nitrogen and oxygen atoms in total. The molecular formula is C19H14O3. The van der Waals surface area contributed by atoms with Crippen LogP contribution in [0, 0.1) is 0 Å². The van der Waals surface area contributed by atoms with Crippen LogP contribution in [0.5, 0.6) is 11.5 Å². The molecule has 0 heterocycles. The van der Waals surface area contributed by atoms with Gasteiger partial charge in [0.25, 0.3) is 0 Å². The average molecular weight is 290 g/mol. The van der Waals surface area contributed by atoms with Crippen LogP contribution in [0.15, 0.2) is 77.6 Å². The predicted molar refractivity (Wildman–Crippen MR) is 86.9 cm³/mol. The van der Waals surface area contributed by atoms with E-state index in [-0.39, 0.29) is 0 Å². The van der Waals surface area contributed by atoms with Crippen LogP contribution in [0.3, 0.4) is 0 Å². The average Bonchev–Trinajstić information content (AvgIpc) is 2.70. The SMILES string of the molecule is O=c1cc(-c2ccc(-c3ccccc3)cc2)ccc(O)c1O. The molecule has 0 saturated carbocycles. The molecule has 3 rings (SSSR count). The zero-order valence-corrected chi connectivity index (χ0v) is 11.7. The quantitative estimate of drug-likeness (QED) is 0.755. The van der Waals surface area contributed by atoms with Crippen LogP contribution in [0.4, 0.5) is 0 Å². The number of benzene rings is 2. The Morgan fingerprint density at radius 3 is 1.73 bits per heavy atom. The largest absolute Gasteiger partial charge is 0.504 e. The highest BCUT2D eigenvalue weighted by molar-refractivity contribution is 5.70. The Hall–Kier alpha value is -3.07. The minimum Gasteiger partial charge on any atom is -0.504 e. The van der Waals surface area contributed by atoms with Gasteiger partial charge in [-0.15, -0.1) is 0 Å². The first kappa shape index (κ1) is 13.9. The third-order valence-electron chi connectivity index (χ3n) is 3.51. The number of rotatable bonds is 2. The summed E-state index contributed by atoms with van der Waals surface area (Å²) in [6.07, 6.45) is 0. The number of aromatic hydroxyl groups is 2. The van der Waals surface area contributed by atoms with Crippen LogP contribution in [0.2, 0.25) is 0 Å². The Morgan fingerprint density at radius 1 is 0.591 bits per heavy atom. The molecule has 0 aromatic heterocycles. The first-order valence-corrected chi connectivity index (χ1v) is 6.87. The topological polar surface area (TPSA) is 57.5 Å². The fourth-order valence-corrected chi connectivity index (χ4v) is 2.30. The van der Waals surface area contributed by atoms with E-state index in [2.05, 4.69) is 0 Å². The van der Waals surface area contributed by atoms with E-state index in [9.17, 15) is 15.0 Å². The lowest BCUT2D eigenvalue weighted by molar-refractivity contribution is 0.402. The van der Waals surface area contributed by atoms with E-state index in [0.29, 0.717) is 5.56 Å². The lowest BCUT2D eigenvalue weighted by Gasteiger charge is -2.03. The van der Waals surface area contributed by atoms with Gasteiger partial charge in [0.2, 0.25) is 11.2 Å². The van der Waals surface area contributed by atoms with Crippen molar-refractivity contribution in [3.63, 3.8) is 0 Å². The van der Waals surface area contributed by atoms with Crippen LogP contribution in [0.25, 0.3) is 22.3 Å². The molecule has 0 radical (unpaired) electrons. The van der Waals surface area contributed by atoms with Crippen LogP contribution in [0.1, 0.15) is 0 Å². The van der Waals surface area contributed by atoms with Crippen molar-refractivity contribution >= 4 is 0 Å². The van der Waals surface area contributed by atoms with Crippen LogP contribution in [-0.4, -0.2) is 10.2 Å². The molecule has 3 aromatic rings. The summed E-state index contributed by atoms with van der Waals surface area (Å²) >= 11 is 0. The summed E-state index contributed by atoms with van der Waals surface area (Å²) in [5.41, 5.74) is 3.07. The maximum absolute atomic E-state index is 11.7. The van der Waals surface area contributed by atoms with E-state index >= 15 is 0 Å². The molecular weight excluding hydrogens is 276 g/mol.